The quantitative estimate of drug-likeness (QED) is 0.776. The fraction of sp³-hybridized carbons (Fsp3) is 0.727. The van der Waals surface area contributed by atoms with Gasteiger partial charge in [-0.2, -0.15) is 0 Å². The van der Waals surface area contributed by atoms with Gasteiger partial charge in [-0.15, -0.1) is 0 Å². The third kappa shape index (κ3) is 1.46. The first-order valence-corrected chi connectivity index (χ1v) is 5.54. The summed E-state index contributed by atoms with van der Waals surface area (Å²) in [6.07, 6.45) is 5.49. The highest BCUT2D eigenvalue weighted by atomic mass is 15.1. The maximum absolute atomic E-state index is 5.99. The van der Waals surface area contributed by atoms with Crippen LogP contribution in [0.4, 0.5) is 0 Å². The van der Waals surface area contributed by atoms with Crippen molar-refractivity contribution in [2.24, 2.45) is 5.73 Å². The smallest absolute Gasteiger partial charge is 0.108 e. The molecule has 0 fully saturated rings. The third-order valence-corrected chi connectivity index (χ3v) is 3.20. The van der Waals surface area contributed by atoms with E-state index in [0.29, 0.717) is 5.92 Å². The number of fused-ring (bicyclic) bond motifs is 1. The van der Waals surface area contributed by atoms with E-state index in [9.17, 15) is 0 Å². The molecule has 2 atom stereocenters. The second-order valence-electron chi connectivity index (χ2n) is 4.21. The Hall–Kier alpha value is -0.830. The van der Waals surface area contributed by atoms with Gasteiger partial charge in [-0.05, 0) is 19.8 Å². The number of rotatable bonds is 2. The van der Waals surface area contributed by atoms with Gasteiger partial charge in [-0.1, -0.05) is 6.92 Å². The van der Waals surface area contributed by atoms with Crippen LogP contribution in [0.5, 0.6) is 0 Å². The zero-order valence-corrected chi connectivity index (χ0v) is 9.03. The van der Waals surface area contributed by atoms with Crippen LogP contribution >= 0.6 is 0 Å². The monoisotopic (exact) mass is 193 g/mol. The van der Waals surface area contributed by atoms with Gasteiger partial charge in [-0.3, -0.25) is 0 Å². The van der Waals surface area contributed by atoms with Gasteiger partial charge >= 0.3 is 0 Å². The highest BCUT2D eigenvalue weighted by molar-refractivity contribution is 5.15. The van der Waals surface area contributed by atoms with E-state index >= 15 is 0 Å². The molecule has 0 saturated carbocycles. The Labute approximate surface area is 85.3 Å². The largest absolute Gasteiger partial charge is 0.332 e. The summed E-state index contributed by atoms with van der Waals surface area (Å²) in [5.41, 5.74) is 7.34. The molecule has 0 spiro atoms. The van der Waals surface area contributed by atoms with Crippen LogP contribution in [0.2, 0.25) is 0 Å². The number of nitrogens with zero attached hydrogens (tertiary/aromatic N) is 2. The molecule has 0 saturated heterocycles. The first-order valence-electron chi connectivity index (χ1n) is 5.54. The molecule has 1 aliphatic rings. The van der Waals surface area contributed by atoms with Crippen molar-refractivity contribution in [2.45, 2.75) is 51.6 Å². The van der Waals surface area contributed by atoms with Crippen molar-refractivity contribution in [2.75, 3.05) is 0 Å². The second kappa shape index (κ2) is 3.73. The van der Waals surface area contributed by atoms with Crippen molar-refractivity contribution in [1.82, 2.24) is 9.55 Å². The van der Waals surface area contributed by atoms with E-state index in [1.54, 1.807) is 0 Å². The molecule has 1 aromatic heterocycles. The summed E-state index contributed by atoms with van der Waals surface area (Å²) in [5.74, 6) is 1.72. The van der Waals surface area contributed by atoms with Crippen molar-refractivity contribution >= 4 is 0 Å². The van der Waals surface area contributed by atoms with Crippen molar-refractivity contribution < 1.29 is 0 Å². The van der Waals surface area contributed by atoms with Crippen molar-refractivity contribution in [1.29, 1.82) is 0 Å². The van der Waals surface area contributed by atoms with E-state index in [4.69, 9.17) is 5.73 Å². The molecule has 0 aliphatic carbocycles. The molecule has 2 N–H and O–H groups in total. The highest BCUT2D eigenvalue weighted by Gasteiger charge is 2.25. The third-order valence-electron chi connectivity index (χ3n) is 3.20. The number of hydrogen-bond acceptors (Lipinski definition) is 2. The molecule has 14 heavy (non-hydrogen) atoms. The average molecular weight is 193 g/mol. The summed E-state index contributed by atoms with van der Waals surface area (Å²) in [5, 5.41) is 0. The van der Waals surface area contributed by atoms with E-state index in [0.717, 1.165) is 13.0 Å². The van der Waals surface area contributed by atoms with Gasteiger partial charge in [0.25, 0.3) is 0 Å². The molecule has 0 amide bonds. The standard InChI is InChI=1S/C11H19N3/c1-3-11-13-7-10-9(8(2)12)5-4-6-14(10)11/h7-9H,3-6,12H2,1-2H3. The maximum Gasteiger partial charge on any atom is 0.108 e. The lowest BCUT2D eigenvalue weighted by atomic mass is 9.90. The van der Waals surface area contributed by atoms with Crippen LogP contribution in [0.15, 0.2) is 6.20 Å². The number of aryl methyl sites for hydroxylation is 1. The van der Waals surface area contributed by atoms with Gasteiger partial charge < -0.3 is 10.3 Å². The fourth-order valence-electron chi connectivity index (χ4n) is 2.41. The summed E-state index contributed by atoms with van der Waals surface area (Å²) in [7, 11) is 0. The number of nitrogens with two attached hydrogens (primary N) is 1. The predicted molar refractivity (Wildman–Crippen MR) is 57.2 cm³/mol. The van der Waals surface area contributed by atoms with Crippen LogP contribution in [0, 0.1) is 0 Å². The highest BCUT2D eigenvalue weighted by Crippen LogP contribution is 2.30. The normalized spacial score (nSPS) is 23.2. The Balaban J connectivity index is 2.36. The summed E-state index contributed by atoms with van der Waals surface area (Å²) < 4.78 is 2.36. The van der Waals surface area contributed by atoms with Crippen LogP contribution in [-0.2, 0) is 13.0 Å². The Kier molecular flexibility index (Phi) is 2.59. The SMILES string of the molecule is CCc1ncc2n1CCCC2C(C)N. The van der Waals surface area contributed by atoms with Gasteiger partial charge in [0.05, 0.1) is 0 Å². The van der Waals surface area contributed by atoms with Crippen molar-refractivity contribution in [3.8, 4) is 0 Å². The van der Waals surface area contributed by atoms with Crippen LogP contribution in [0.25, 0.3) is 0 Å². The van der Waals surface area contributed by atoms with E-state index in [2.05, 4.69) is 23.4 Å². The average Bonchev–Trinajstić information content (AvgIpc) is 2.59. The molecule has 2 heterocycles. The summed E-state index contributed by atoms with van der Waals surface area (Å²) in [6.45, 7) is 5.38. The zero-order chi connectivity index (χ0) is 10.1. The van der Waals surface area contributed by atoms with Gasteiger partial charge in [0, 0.05) is 36.8 Å². The summed E-state index contributed by atoms with van der Waals surface area (Å²) in [4.78, 5) is 4.46. The van der Waals surface area contributed by atoms with Gasteiger partial charge in [0.15, 0.2) is 0 Å². The minimum absolute atomic E-state index is 0.246. The number of hydrogen-bond donors (Lipinski definition) is 1. The van der Waals surface area contributed by atoms with Gasteiger partial charge in [0.1, 0.15) is 5.82 Å². The molecule has 1 aromatic rings. The molecule has 78 valence electrons. The van der Waals surface area contributed by atoms with Crippen molar-refractivity contribution in [3.63, 3.8) is 0 Å². The Morgan fingerprint density at radius 1 is 1.71 bits per heavy atom. The topological polar surface area (TPSA) is 43.8 Å². The van der Waals surface area contributed by atoms with E-state index in [-0.39, 0.29) is 6.04 Å². The summed E-state index contributed by atoms with van der Waals surface area (Å²) >= 11 is 0. The van der Waals surface area contributed by atoms with Crippen molar-refractivity contribution in [3.05, 3.63) is 17.7 Å². The van der Waals surface area contributed by atoms with Crippen LogP contribution in [0.3, 0.4) is 0 Å². The first kappa shape index (κ1) is 9.71. The molecule has 1 aliphatic heterocycles. The summed E-state index contributed by atoms with van der Waals surface area (Å²) in [6, 6.07) is 0.246. The number of imidazole rings is 1. The lowest BCUT2D eigenvalue weighted by molar-refractivity contribution is 0.407. The second-order valence-corrected chi connectivity index (χ2v) is 4.21. The van der Waals surface area contributed by atoms with Gasteiger partial charge in [-0.25, -0.2) is 4.98 Å². The molecule has 0 bridgehead atoms. The van der Waals surface area contributed by atoms with E-state index in [1.807, 2.05) is 6.20 Å². The minimum atomic E-state index is 0.246. The van der Waals surface area contributed by atoms with Crippen LogP contribution in [0.1, 0.15) is 44.1 Å². The van der Waals surface area contributed by atoms with E-state index < -0.39 is 0 Å². The molecule has 3 nitrogen and oxygen atoms in total. The molecular formula is C11H19N3. The number of aromatic nitrogens is 2. The molecule has 3 heteroatoms. The Bertz CT molecular complexity index is 314. The first-order chi connectivity index (χ1) is 6.74. The minimum Gasteiger partial charge on any atom is -0.332 e. The van der Waals surface area contributed by atoms with Crippen LogP contribution in [-0.4, -0.2) is 15.6 Å². The molecule has 2 unspecified atom stereocenters. The van der Waals surface area contributed by atoms with Gasteiger partial charge in [0.2, 0.25) is 0 Å². The predicted octanol–water partition coefficient (Wildman–Crippen LogP) is 1.67. The maximum atomic E-state index is 5.99. The fourth-order valence-corrected chi connectivity index (χ4v) is 2.41. The zero-order valence-electron chi connectivity index (χ0n) is 9.03. The molecule has 2 rings (SSSR count). The van der Waals surface area contributed by atoms with Crippen LogP contribution < -0.4 is 5.73 Å². The Morgan fingerprint density at radius 2 is 2.50 bits per heavy atom. The molecular weight excluding hydrogens is 174 g/mol. The lowest BCUT2D eigenvalue weighted by Crippen LogP contribution is -2.30. The molecule has 0 radical (unpaired) electrons. The lowest BCUT2D eigenvalue weighted by Gasteiger charge is -2.27. The van der Waals surface area contributed by atoms with E-state index in [1.165, 1.54) is 24.4 Å². The Morgan fingerprint density at radius 3 is 3.14 bits per heavy atom. The molecule has 0 aromatic carbocycles.